The summed E-state index contributed by atoms with van der Waals surface area (Å²) in [6.45, 7) is 2.41. The normalized spacial score (nSPS) is 24.7. The molecule has 0 spiro atoms. The van der Waals surface area contributed by atoms with Crippen LogP contribution in [0.3, 0.4) is 0 Å². The van der Waals surface area contributed by atoms with Crippen LogP contribution in [-0.2, 0) is 28.5 Å². The third-order valence-electron chi connectivity index (χ3n) is 3.49. The molecular formula is C16H21NO6. The van der Waals surface area contributed by atoms with Crippen molar-refractivity contribution in [2.24, 2.45) is 0 Å². The zero-order valence-corrected chi connectivity index (χ0v) is 13.3. The van der Waals surface area contributed by atoms with Crippen LogP contribution in [-0.4, -0.2) is 63.7 Å². The second kappa shape index (κ2) is 8.50. The SMILES string of the molecule is COC(=O)C1=C/C=C\CN(CCC2OCCO2)/C=C\1C(=O)OC. The molecule has 1 fully saturated rings. The van der Waals surface area contributed by atoms with Crippen LogP contribution in [0.5, 0.6) is 0 Å². The zero-order valence-electron chi connectivity index (χ0n) is 13.3. The highest BCUT2D eigenvalue weighted by molar-refractivity contribution is 6.07. The number of methoxy groups -OCH3 is 2. The first-order valence-electron chi connectivity index (χ1n) is 7.38. The molecule has 7 nitrogen and oxygen atoms in total. The molecular weight excluding hydrogens is 302 g/mol. The van der Waals surface area contributed by atoms with Gasteiger partial charge in [-0.1, -0.05) is 12.2 Å². The minimum absolute atomic E-state index is 0.161. The Hall–Kier alpha value is -2.12. The van der Waals surface area contributed by atoms with E-state index in [2.05, 4.69) is 0 Å². The van der Waals surface area contributed by atoms with Gasteiger partial charge in [0, 0.05) is 25.7 Å². The Labute approximate surface area is 135 Å². The van der Waals surface area contributed by atoms with E-state index in [0.29, 0.717) is 32.7 Å². The van der Waals surface area contributed by atoms with Crippen LogP contribution in [0.1, 0.15) is 6.42 Å². The highest BCUT2D eigenvalue weighted by Crippen LogP contribution is 2.18. The lowest BCUT2D eigenvalue weighted by atomic mass is 10.1. The van der Waals surface area contributed by atoms with Crippen molar-refractivity contribution in [1.29, 1.82) is 0 Å². The van der Waals surface area contributed by atoms with E-state index >= 15 is 0 Å². The predicted octanol–water partition coefficient (Wildman–Crippen LogP) is 0.777. The molecule has 0 aromatic heterocycles. The molecule has 0 unspecified atom stereocenters. The summed E-state index contributed by atoms with van der Waals surface area (Å²) in [6, 6.07) is 0. The topological polar surface area (TPSA) is 74.3 Å². The van der Waals surface area contributed by atoms with Crippen molar-refractivity contribution in [3.05, 3.63) is 35.6 Å². The van der Waals surface area contributed by atoms with Crippen molar-refractivity contribution in [3.8, 4) is 0 Å². The first kappa shape index (κ1) is 17.2. The summed E-state index contributed by atoms with van der Waals surface area (Å²) in [7, 11) is 2.55. The Balaban J connectivity index is 2.17. The molecule has 0 aromatic rings. The van der Waals surface area contributed by atoms with Gasteiger partial charge < -0.3 is 23.8 Å². The molecule has 2 heterocycles. The molecule has 1 saturated heterocycles. The first-order chi connectivity index (χ1) is 11.2. The molecule has 23 heavy (non-hydrogen) atoms. The van der Waals surface area contributed by atoms with E-state index in [0.717, 1.165) is 0 Å². The van der Waals surface area contributed by atoms with Gasteiger partial charge in [-0.2, -0.15) is 0 Å². The van der Waals surface area contributed by atoms with Crippen LogP contribution in [0.25, 0.3) is 0 Å². The van der Waals surface area contributed by atoms with Crippen LogP contribution in [0.2, 0.25) is 0 Å². The fraction of sp³-hybridized carbons (Fsp3) is 0.500. The number of esters is 2. The molecule has 0 atom stereocenters. The van der Waals surface area contributed by atoms with E-state index in [4.69, 9.17) is 18.9 Å². The molecule has 0 N–H and O–H groups in total. The number of carbonyl (C=O) groups is 2. The number of rotatable bonds is 5. The van der Waals surface area contributed by atoms with Crippen molar-refractivity contribution < 1.29 is 28.5 Å². The molecule has 2 rings (SSSR count). The van der Waals surface area contributed by atoms with Gasteiger partial charge >= 0.3 is 11.9 Å². The summed E-state index contributed by atoms with van der Waals surface area (Å²) in [6.07, 6.45) is 7.22. The predicted molar refractivity (Wildman–Crippen MR) is 81.2 cm³/mol. The molecule has 2 aliphatic heterocycles. The van der Waals surface area contributed by atoms with E-state index in [1.165, 1.54) is 14.2 Å². The maximum atomic E-state index is 12.0. The van der Waals surface area contributed by atoms with Crippen molar-refractivity contribution in [2.75, 3.05) is 40.5 Å². The summed E-state index contributed by atoms with van der Waals surface area (Å²) in [5, 5.41) is 0. The number of ether oxygens (including phenoxy) is 4. The van der Waals surface area contributed by atoms with Gasteiger partial charge in [-0.3, -0.25) is 0 Å². The number of nitrogens with zero attached hydrogens (tertiary/aromatic N) is 1. The first-order valence-corrected chi connectivity index (χ1v) is 7.38. The van der Waals surface area contributed by atoms with Crippen LogP contribution < -0.4 is 0 Å². The van der Waals surface area contributed by atoms with Crippen molar-refractivity contribution in [2.45, 2.75) is 12.7 Å². The van der Waals surface area contributed by atoms with Gasteiger partial charge in [0.25, 0.3) is 0 Å². The maximum Gasteiger partial charge on any atom is 0.340 e. The molecule has 126 valence electrons. The molecule has 7 heteroatoms. The Morgan fingerprint density at radius 1 is 1.17 bits per heavy atom. The molecule has 2 aliphatic rings. The molecule has 0 aromatic carbocycles. The molecule has 0 aliphatic carbocycles. The lowest BCUT2D eigenvalue weighted by Gasteiger charge is -2.23. The Bertz CT molecular complexity index is 531. The summed E-state index contributed by atoms with van der Waals surface area (Å²) in [4.78, 5) is 25.8. The standard InChI is InChI=1S/C16H21NO6/c1-20-15(18)12-5-3-4-7-17(11-13(12)16(19)21-2)8-6-14-22-9-10-23-14/h3-5,11,14H,6-10H2,1-2H3/b4-3-,12-5+,13-11+. The summed E-state index contributed by atoms with van der Waals surface area (Å²) in [5.74, 6) is -1.18. The smallest absolute Gasteiger partial charge is 0.340 e. The fourth-order valence-electron chi connectivity index (χ4n) is 2.32. The van der Waals surface area contributed by atoms with Gasteiger partial charge in [-0.05, 0) is 6.08 Å². The van der Waals surface area contributed by atoms with Crippen molar-refractivity contribution >= 4 is 11.9 Å². The minimum Gasteiger partial charge on any atom is -0.465 e. The lowest BCUT2D eigenvalue weighted by molar-refractivity contribution is -0.139. The van der Waals surface area contributed by atoms with Gasteiger partial charge in [-0.25, -0.2) is 9.59 Å². The highest BCUT2D eigenvalue weighted by Gasteiger charge is 2.24. The number of hydrogen-bond donors (Lipinski definition) is 0. The molecule has 0 saturated carbocycles. The average molecular weight is 323 g/mol. The molecule has 0 bridgehead atoms. The van der Waals surface area contributed by atoms with Crippen molar-refractivity contribution in [1.82, 2.24) is 4.90 Å². The van der Waals surface area contributed by atoms with Crippen LogP contribution in [0.4, 0.5) is 0 Å². The second-order valence-corrected chi connectivity index (χ2v) is 4.99. The fourth-order valence-corrected chi connectivity index (χ4v) is 2.32. The minimum atomic E-state index is -0.588. The highest BCUT2D eigenvalue weighted by atomic mass is 16.7. The Kier molecular flexibility index (Phi) is 6.37. The number of hydrogen-bond acceptors (Lipinski definition) is 7. The van der Waals surface area contributed by atoms with Gasteiger partial charge in [0.2, 0.25) is 0 Å². The quantitative estimate of drug-likeness (QED) is 0.692. The van der Waals surface area contributed by atoms with Gasteiger partial charge in [-0.15, -0.1) is 0 Å². The number of carbonyl (C=O) groups excluding carboxylic acids is 2. The van der Waals surface area contributed by atoms with Crippen LogP contribution >= 0.6 is 0 Å². The monoisotopic (exact) mass is 323 g/mol. The summed E-state index contributed by atoms with van der Waals surface area (Å²) >= 11 is 0. The maximum absolute atomic E-state index is 12.0. The van der Waals surface area contributed by atoms with Gasteiger partial charge in [0.1, 0.15) is 0 Å². The van der Waals surface area contributed by atoms with E-state index < -0.39 is 11.9 Å². The summed E-state index contributed by atoms with van der Waals surface area (Å²) in [5.41, 5.74) is 0.325. The van der Waals surface area contributed by atoms with E-state index in [1.807, 2.05) is 11.0 Å². The average Bonchev–Trinajstić information content (AvgIpc) is 3.06. The van der Waals surface area contributed by atoms with Crippen LogP contribution in [0, 0.1) is 0 Å². The van der Waals surface area contributed by atoms with Gasteiger partial charge in [0.05, 0.1) is 38.6 Å². The third-order valence-corrected chi connectivity index (χ3v) is 3.49. The Morgan fingerprint density at radius 2 is 1.83 bits per heavy atom. The molecule has 0 amide bonds. The van der Waals surface area contributed by atoms with E-state index in [9.17, 15) is 9.59 Å². The second-order valence-electron chi connectivity index (χ2n) is 4.99. The molecule has 0 radical (unpaired) electrons. The largest absolute Gasteiger partial charge is 0.465 e. The zero-order chi connectivity index (χ0) is 16.7. The van der Waals surface area contributed by atoms with Crippen molar-refractivity contribution in [3.63, 3.8) is 0 Å². The third kappa shape index (κ3) is 4.67. The summed E-state index contributed by atoms with van der Waals surface area (Å²) < 4.78 is 20.3. The lowest BCUT2D eigenvalue weighted by Crippen LogP contribution is -2.26. The van der Waals surface area contributed by atoms with E-state index in [1.54, 1.807) is 18.4 Å². The Morgan fingerprint density at radius 3 is 2.48 bits per heavy atom. The van der Waals surface area contributed by atoms with Gasteiger partial charge in [0.15, 0.2) is 6.29 Å². The number of allylic oxidation sites excluding steroid dienone is 2. The van der Waals surface area contributed by atoms with Crippen LogP contribution in [0.15, 0.2) is 35.6 Å². The van der Waals surface area contributed by atoms with E-state index in [-0.39, 0.29) is 17.4 Å².